The van der Waals surface area contributed by atoms with E-state index in [9.17, 15) is 9.90 Å². The van der Waals surface area contributed by atoms with Crippen LogP contribution in [0, 0.1) is 6.92 Å². The van der Waals surface area contributed by atoms with E-state index in [0.29, 0.717) is 34.5 Å². The fourth-order valence-corrected chi connectivity index (χ4v) is 2.77. The topological polar surface area (TPSA) is 68.9 Å². The number of ether oxygens (including phenoxy) is 2. The van der Waals surface area contributed by atoms with Crippen molar-refractivity contribution in [2.75, 3.05) is 13.2 Å². The number of hydrogen-bond donors (Lipinski definition) is 1. The lowest BCUT2D eigenvalue weighted by atomic mass is 10.0. The van der Waals surface area contributed by atoms with Gasteiger partial charge in [0.2, 0.25) is 0 Å². The zero-order chi connectivity index (χ0) is 18.0. The van der Waals surface area contributed by atoms with Crippen LogP contribution in [0.1, 0.15) is 29.8 Å². The van der Waals surface area contributed by atoms with E-state index in [-0.39, 0.29) is 12.4 Å². The Bertz CT molecular complexity index is 906. The molecule has 3 aromatic rings. The van der Waals surface area contributed by atoms with Gasteiger partial charge in [-0.05, 0) is 56.7 Å². The number of aromatic hydroxyl groups is 1. The lowest BCUT2D eigenvalue weighted by molar-refractivity contribution is 0.0528. The molecule has 1 aromatic heterocycles. The third-order valence-electron chi connectivity index (χ3n) is 3.89. The first kappa shape index (κ1) is 16.9. The van der Waals surface area contributed by atoms with E-state index in [1.54, 1.807) is 37.3 Å². The van der Waals surface area contributed by atoms with Gasteiger partial charge in [-0.15, -0.1) is 0 Å². The minimum Gasteiger partial charge on any atom is -0.508 e. The first-order chi connectivity index (χ1) is 12.0. The molecule has 0 saturated carbocycles. The Balaban J connectivity index is 2.25. The molecule has 0 bridgehead atoms. The van der Waals surface area contributed by atoms with Crippen LogP contribution >= 0.6 is 0 Å². The van der Waals surface area contributed by atoms with E-state index in [0.717, 1.165) is 11.3 Å². The number of carbonyl (C=O) groups excluding carboxylic acids is 1. The zero-order valence-electron chi connectivity index (χ0n) is 14.5. The normalized spacial score (nSPS) is 10.8. The number of phenolic OH excluding ortho intramolecular Hbond substituents is 1. The summed E-state index contributed by atoms with van der Waals surface area (Å²) in [5.74, 6) is 0.845. The van der Waals surface area contributed by atoms with Gasteiger partial charge >= 0.3 is 5.97 Å². The highest BCUT2D eigenvalue weighted by Gasteiger charge is 2.24. The molecule has 0 saturated heterocycles. The number of benzene rings is 2. The Hall–Kier alpha value is -2.95. The number of fused-ring (bicyclic) bond motifs is 1. The Morgan fingerprint density at radius 1 is 1.12 bits per heavy atom. The molecule has 0 aliphatic carbocycles. The van der Waals surface area contributed by atoms with Gasteiger partial charge in [-0.1, -0.05) is 0 Å². The molecule has 3 rings (SSSR count). The monoisotopic (exact) mass is 340 g/mol. The second kappa shape index (κ2) is 6.89. The van der Waals surface area contributed by atoms with Crippen LogP contribution in [0.15, 0.2) is 40.8 Å². The van der Waals surface area contributed by atoms with Gasteiger partial charge in [0.1, 0.15) is 28.4 Å². The maximum atomic E-state index is 12.5. The minimum atomic E-state index is -0.437. The van der Waals surface area contributed by atoms with Gasteiger partial charge in [0, 0.05) is 17.0 Å². The van der Waals surface area contributed by atoms with E-state index >= 15 is 0 Å². The molecule has 0 amide bonds. The van der Waals surface area contributed by atoms with Crippen molar-refractivity contribution in [3.63, 3.8) is 0 Å². The van der Waals surface area contributed by atoms with E-state index < -0.39 is 5.97 Å². The SMILES string of the molecule is CCOC(=O)c1c(-c2ccc(O)cc2)oc2cc(OCC)c(C)cc12. The summed E-state index contributed by atoms with van der Waals surface area (Å²) in [5.41, 5.74) is 2.54. The smallest absolute Gasteiger partial charge is 0.342 e. The molecule has 5 nitrogen and oxygen atoms in total. The van der Waals surface area contributed by atoms with Gasteiger partial charge in [0.25, 0.3) is 0 Å². The van der Waals surface area contributed by atoms with Crippen molar-refractivity contribution < 1.29 is 23.8 Å². The van der Waals surface area contributed by atoms with Gasteiger partial charge < -0.3 is 19.0 Å². The maximum absolute atomic E-state index is 12.5. The minimum absolute atomic E-state index is 0.145. The highest BCUT2D eigenvalue weighted by molar-refractivity contribution is 6.09. The summed E-state index contributed by atoms with van der Waals surface area (Å²) >= 11 is 0. The number of hydrogen-bond acceptors (Lipinski definition) is 5. The highest BCUT2D eigenvalue weighted by Crippen LogP contribution is 2.37. The number of aryl methyl sites for hydroxylation is 1. The molecule has 2 aromatic carbocycles. The molecule has 1 heterocycles. The predicted molar refractivity (Wildman–Crippen MR) is 95.2 cm³/mol. The maximum Gasteiger partial charge on any atom is 0.342 e. The van der Waals surface area contributed by atoms with E-state index in [2.05, 4.69) is 0 Å². The second-order valence-corrected chi connectivity index (χ2v) is 5.62. The summed E-state index contributed by atoms with van der Waals surface area (Å²) in [7, 11) is 0. The van der Waals surface area contributed by atoms with Crippen LogP contribution in [-0.4, -0.2) is 24.3 Å². The molecule has 0 spiro atoms. The molecule has 0 atom stereocenters. The van der Waals surface area contributed by atoms with Crippen LogP contribution in [0.2, 0.25) is 0 Å². The summed E-state index contributed by atoms with van der Waals surface area (Å²) in [5, 5.41) is 10.2. The first-order valence-corrected chi connectivity index (χ1v) is 8.21. The van der Waals surface area contributed by atoms with Crippen LogP contribution in [0.4, 0.5) is 0 Å². The Morgan fingerprint density at radius 3 is 2.48 bits per heavy atom. The van der Waals surface area contributed by atoms with Crippen molar-refractivity contribution in [3.05, 3.63) is 47.5 Å². The summed E-state index contributed by atoms with van der Waals surface area (Å²) in [6, 6.07) is 10.2. The number of furan rings is 1. The molecule has 5 heteroatoms. The lowest BCUT2D eigenvalue weighted by Crippen LogP contribution is -2.05. The van der Waals surface area contributed by atoms with Gasteiger partial charge in [0.15, 0.2) is 0 Å². The van der Waals surface area contributed by atoms with Gasteiger partial charge in [-0.3, -0.25) is 0 Å². The predicted octanol–water partition coefficient (Wildman–Crippen LogP) is 4.69. The molecule has 0 aliphatic heterocycles. The number of esters is 1. The molecule has 0 radical (unpaired) electrons. The molecule has 1 N–H and O–H groups in total. The number of phenols is 1. The van der Waals surface area contributed by atoms with Gasteiger partial charge in [-0.25, -0.2) is 4.79 Å². The van der Waals surface area contributed by atoms with Crippen molar-refractivity contribution in [1.29, 1.82) is 0 Å². The summed E-state index contributed by atoms with van der Waals surface area (Å²) < 4.78 is 16.8. The van der Waals surface area contributed by atoms with Crippen LogP contribution in [0.25, 0.3) is 22.3 Å². The van der Waals surface area contributed by atoms with E-state index in [4.69, 9.17) is 13.9 Å². The Kier molecular flexibility index (Phi) is 4.65. The summed E-state index contributed by atoms with van der Waals surface area (Å²) in [4.78, 5) is 12.5. The van der Waals surface area contributed by atoms with Crippen molar-refractivity contribution in [2.45, 2.75) is 20.8 Å². The van der Waals surface area contributed by atoms with Crippen LogP contribution in [0.3, 0.4) is 0 Å². The molecule has 0 aliphatic rings. The van der Waals surface area contributed by atoms with Crippen molar-refractivity contribution in [2.24, 2.45) is 0 Å². The van der Waals surface area contributed by atoms with Crippen molar-refractivity contribution in [1.82, 2.24) is 0 Å². The van der Waals surface area contributed by atoms with Crippen molar-refractivity contribution in [3.8, 4) is 22.8 Å². The van der Waals surface area contributed by atoms with Crippen LogP contribution < -0.4 is 4.74 Å². The van der Waals surface area contributed by atoms with Gasteiger partial charge in [-0.2, -0.15) is 0 Å². The summed E-state index contributed by atoms with van der Waals surface area (Å²) in [6.07, 6.45) is 0. The van der Waals surface area contributed by atoms with Crippen molar-refractivity contribution >= 4 is 16.9 Å². The third-order valence-corrected chi connectivity index (χ3v) is 3.89. The second-order valence-electron chi connectivity index (χ2n) is 5.62. The quantitative estimate of drug-likeness (QED) is 0.682. The Morgan fingerprint density at radius 2 is 1.84 bits per heavy atom. The largest absolute Gasteiger partial charge is 0.508 e. The third kappa shape index (κ3) is 3.18. The first-order valence-electron chi connectivity index (χ1n) is 8.21. The molecule has 0 unspecified atom stereocenters. The molecular weight excluding hydrogens is 320 g/mol. The molecule has 0 fully saturated rings. The summed E-state index contributed by atoms with van der Waals surface area (Å²) in [6.45, 7) is 6.42. The lowest BCUT2D eigenvalue weighted by Gasteiger charge is -2.07. The Labute approximate surface area is 145 Å². The zero-order valence-corrected chi connectivity index (χ0v) is 14.5. The van der Waals surface area contributed by atoms with Gasteiger partial charge in [0.05, 0.1) is 13.2 Å². The van der Waals surface area contributed by atoms with Crippen LogP contribution in [-0.2, 0) is 4.74 Å². The highest BCUT2D eigenvalue weighted by atomic mass is 16.5. The number of carbonyl (C=O) groups is 1. The molecule has 130 valence electrons. The number of rotatable bonds is 5. The fraction of sp³-hybridized carbons (Fsp3) is 0.250. The fourth-order valence-electron chi connectivity index (χ4n) is 2.77. The standard InChI is InChI=1S/C20H20O5/c1-4-23-16-11-17-15(10-12(16)3)18(20(22)24-5-2)19(25-17)13-6-8-14(21)9-7-13/h6-11,21H,4-5H2,1-3H3. The van der Waals surface area contributed by atoms with Crippen LogP contribution in [0.5, 0.6) is 11.5 Å². The molecular formula is C20H20O5. The molecule has 25 heavy (non-hydrogen) atoms. The van der Waals surface area contributed by atoms with E-state index in [1.165, 1.54) is 0 Å². The average molecular weight is 340 g/mol. The average Bonchev–Trinajstić information content (AvgIpc) is 2.94. The van der Waals surface area contributed by atoms with E-state index in [1.807, 2.05) is 19.9 Å².